The van der Waals surface area contributed by atoms with E-state index in [1.165, 1.54) is 18.4 Å². The molecule has 1 aromatic carbocycles. The van der Waals surface area contributed by atoms with Gasteiger partial charge in [0.1, 0.15) is 23.5 Å². The number of aromatic nitrogens is 5. The fourth-order valence-electron chi connectivity index (χ4n) is 2.48. The topological polar surface area (TPSA) is 89.6 Å². The van der Waals surface area contributed by atoms with Crippen LogP contribution in [-0.4, -0.2) is 24.9 Å². The standard InChI is InChI=1S/C17H11F2N5O2/c18-11-3-1-10(2-4-11)9-24-15(13-5-6-26-23-13)7-14(22-24)16-20-8-12(19)17(25)21-16/h1-8H,9H2,(H,20,21,25). The molecule has 0 saturated heterocycles. The second kappa shape index (κ2) is 6.36. The van der Waals surface area contributed by atoms with Crippen molar-refractivity contribution in [2.24, 2.45) is 0 Å². The first-order valence-electron chi connectivity index (χ1n) is 7.58. The zero-order chi connectivity index (χ0) is 18.1. The SMILES string of the molecule is O=c1[nH]c(-c2cc(-c3ccon3)n(Cc3ccc(F)cc3)n2)ncc1F. The summed E-state index contributed by atoms with van der Waals surface area (Å²) in [6.45, 7) is 0.327. The number of benzene rings is 1. The van der Waals surface area contributed by atoms with Crippen LogP contribution in [0.2, 0.25) is 0 Å². The lowest BCUT2D eigenvalue weighted by molar-refractivity contribution is 0.421. The van der Waals surface area contributed by atoms with Crippen molar-refractivity contribution >= 4 is 0 Å². The van der Waals surface area contributed by atoms with Gasteiger partial charge in [-0.1, -0.05) is 17.3 Å². The van der Waals surface area contributed by atoms with E-state index in [2.05, 4.69) is 20.2 Å². The number of rotatable bonds is 4. The summed E-state index contributed by atoms with van der Waals surface area (Å²) in [5.74, 6) is -1.19. The summed E-state index contributed by atoms with van der Waals surface area (Å²) in [7, 11) is 0. The third-order valence-corrected chi connectivity index (χ3v) is 3.72. The van der Waals surface area contributed by atoms with E-state index in [1.807, 2.05) is 0 Å². The van der Waals surface area contributed by atoms with Gasteiger partial charge in [-0.15, -0.1) is 0 Å². The molecular weight excluding hydrogens is 344 g/mol. The monoisotopic (exact) mass is 355 g/mol. The number of hydrogen-bond donors (Lipinski definition) is 1. The predicted octanol–water partition coefficient (Wildman–Crippen LogP) is 2.61. The van der Waals surface area contributed by atoms with Crippen molar-refractivity contribution in [2.75, 3.05) is 0 Å². The van der Waals surface area contributed by atoms with E-state index in [4.69, 9.17) is 4.52 Å². The Balaban J connectivity index is 1.78. The van der Waals surface area contributed by atoms with Crippen LogP contribution >= 0.6 is 0 Å². The van der Waals surface area contributed by atoms with Crippen molar-refractivity contribution in [3.8, 4) is 22.9 Å². The van der Waals surface area contributed by atoms with Crippen molar-refractivity contribution in [3.63, 3.8) is 0 Å². The zero-order valence-electron chi connectivity index (χ0n) is 13.2. The van der Waals surface area contributed by atoms with Crippen LogP contribution in [0.4, 0.5) is 8.78 Å². The molecule has 0 atom stereocenters. The van der Waals surface area contributed by atoms with Gasteiger partial charge in [0.15, 0.2) is 5.82 Å². The van der Waals surface area contributed by atoms with Gasteiger partial charge in [-0.2, -0.15) is 9.49 Å². The normalized spacial score (nSPS) is 11.0. The average Bonchev–Trinajstić information content (AvgIpc) is 3.29. The molecule has 0 spiro atoms. The molecule has 0 radical (unpaired) electrons. The minimum atomic E-state index is -0.976. The second-order valence-electron chi connectivity index (χ2n) is 5.49. The molecule has 4 rings (SSSR count). The first-order valence-corrected chi connectivity index (χ1v) is 7.58. The summed E-state index contributed by atoms with van der Waals surface area (Å²) < 4.78 is 32.8. The lowest BCUT2D eigenvalue weighted by Gasteiger charge is -2.05. The third kappa shape index (κ3) is 3.02. The van der Waals surface area contributed by atoms with E-state index in [9.17, 15) is 13.6 Å². The highest BCUT2D eigenvalue weighted by atomic mass is 19.1. The Morgan fingerprint density at radius 1 is 1.12 bits per heavy atom. The van der Waals surface area contributed by atoms with Gasteiger partial charge in [0.05, 0.1) is 18.4 Å². The lowest BCUT2D eigenvalue weighted by Crippen LogP contribution is -2.12. The molecule has 1 N–H and O–H groups in total. The number of H-pyrrole nitrogens is 1. The Morgan fingerprint density at radius 3 is 2.62 bits per heavy atom. The van der Waals surface area contributed by atoms with Crippen LogP contribution in [0.5, 0.6) is 0 Å². The second-order valence-corrected chi connectivity index (χ2v) is 5.49. The first kappa shape index (κ1) is 15.9. The fourth-order valence-corrected chi connectivity index (χ4v) is 2.48. The van der Waals surface area contributed by atoms with Crippen LogP contribution in [0.1, 0.15) is 5.56 Å². The molecule has 7 nitrogen and oxygen atoms in total. The molecule has 0 unspecified atom stereocenters. The van der Waals surface area contributed by atoms with E-state index in [-0.39, 0.29) is 11.6 Å². The smallest absolute Gasteiger partial charge is 0.287 e. The van der Waals surface area contributed by atoms with E-state index in [0.717, 1.165) is 11.8 Å². The lowest BCUT2D eigenvalue weighted by atomic mass is 10.2. The summed E-state index contributed by atoms with van der Waals surface area (Å²) in [6, 6.07) is 9.30. The largest absolute Gasteiger partial charge is 0.364 e. The van der Waals surface area contributed by atoms with Gasteiger partial charge in [0, 0.05) is 6.07 Å². The van der Waals surface area contributed by atoms with E-state index in [0.29, 0.717) is 23.6 Å². The van der Waals surface area contributed by atoms with Gasteiger partial charge in [-0.25, -0.2) is 9.37 Å². The van der Waals surface area contributed by atoms with Crippen LogP contribution in [-0.2, 0) is 6.54 Å². The maximum absolute atomic E-state index is 13.2. The molecule has 26 heavy (non-hydrogen) atoms. The molecule has 0 aliphatic heterocycles. The molecule has 3 aromatic heterocycles. The van der Waals surface area contributed by atoms with Crippen molar-refractivity contribution in [2.45, 2.75) is 6.54 Å². The van der Waals surface area contributed by atoms with Crippen LogP contribution in [0.15, 0.2) is 58.2 Å². The molecule has 0 saturated carbocycles. The van der Waals surface area contributed by atoms with Gasteiger partial charge in [-0.3, -0.25) is 9.48 Å². The first-order chi connectivity index (χ1) is 12.6. The molecule has 0 amide bonds. The molecule has 0 aliphatic carbocycles. The average molecular weight is 355 g/mol. The summed E-state index contributed by atoms with van der Waals surface area (Å²) in [4.78, 5) is 17.7. The Hall–Kier alpha value is -3.62. The zero-order valence-corrected chi connectivity index (χ0v) is 13.2. The summed E-state index contributed by atoms with van der Waals surface area (Å²) in [5.41, 5.74) is 1.39. The highest BCUT2D eigenvalue weighted by molar-refractivity contribution is 5.62. The molecule has 0 bridgehead atoms. The van der Waals surface area contributed by atoms with E-state index < -0.39 is 11.4 Å². The van der Waals surface area contributed by atoms with Gasteiger partial charge in [0.25, 0.3) is 5.56 Å². The van der Waals surface area contributed by atoms with Crippen molar-refractivity contribution < 1.29 is 13.3 Å². The minimum absolute atomic E-state index is 0.124. The molecular formula is C17H11F2N5O2. The quantitative estimate of drug-likeness (QED) is 0.608. The van der Waals surface area contributed by atoms with Gasteiger partial charge >= 0.3 is 0 Å². The molecule has 9 heteroatoms. The van der Waals surface area contributed by atoms with Crippen LogP contribution < -0.4 is 5.56 Å². The van der Waals surface area contributed by atoms with Gasteiger partial charge in [0.2, 0.25) is 5.82 Å². The van der Waals surface area contributed by atoms with Crippen LogP contribution in [0, 0.1) is 11.6 Å². The fraction of sp³-hybridized carbons (Fsp3) is 0.0588. The van der Waals surface area contributed by atoms with Crippen LogP contribution in [0.3, 0.4) is 0 Å². The third-order valence-electron chi connectivity index (χ3n) is 3.72. The van der Waals surface area contributed by atoms with Crippen molar-refractivity contribution in [1.82, 2.24) is 24.9 Å². The highest BCUT2D eigenvalue weighted by Crippen LogP contribution is 2.24. The van der Waals surface area contributed by atoms with E-state index >= 15 is 0 Å². The Bertz CT molecular complexity index is 1100. The van der Waals surface area contributed by atoms with Crippen LogP contribution in [0.25, 0.3) is 22.9 Å². The van der Waals surface area contributed by atoms with Gasteiger partial charge < -0.3 is 9.51 Å². The maximum Gasteiger partial charge on any atom is 0.287 e. The maximum atomic E-state index is 13.2. The Morgan fingerprint density at radius 2 is 1.92 bits per heavy atom. The molecule has 0 aliphatic rings. The Labute approximate surface area is 144 Å². The molecule has 4 aromatic rings. The number of nitrogens with one attached hydrogen (secondary N) is 1. The minimum Gasteiger partial charge on any atom is -0.364 e. The number of nitrogens with zero attached hydrogens (tertiary/aromatic N) is 4. The highest BCUT2D eigenvalue weighted by Gasteiger charge is 2.16. The summed E-state index contributed by atoms with van der Waals surface area (Å²) >= 11 is 0. The predicted molar refractivity (Wildman–Crippen MR) is 87.0 cm³/mol. The molecule has 130 valence electrons. The van der Waals surface area contributed by atoms with Crippen molar-refractivity contribution in [3.05, 3.63) is 76.4 Å². The molecule has 3 heterocycles. The molecule has 0 fully saturated rings. The summed E-state index contributed by atoms with van der Waals surface area (Å²) in [5, 5.41) is 8.30. The number of hydrogen-bond acceptors (Lipinski definition) is 5. The summed E-state index contributed by atoms with van der Waals surface area (Å²) in [6.07, 6.45) is 2.26. The van der Waals surface area contributed by atoms with Gasteiger partial charge in [-0.05, 0) is 23.8 Å². The number of halogens is 2. The Kier molecular flexibility index (Phi) is 3.88. The van der Waals surface area contributed by atoms with Crippen molar-refractivity contribution in [1.29, 1.82) is 0 Å². The van der Waals surface area contributed by atoms with E-state index in [1.54, 1.807) is 28.9 Å². The number of aromatic amines is 1.